The molecule has 0 bridgehead atoms. The third-order valence-electron chi connectivity index (χ3n) is 2.92. The van der Waals surface area contributed by atoms with Gasteiger partial charge in [-0.25, -0.2) is 4.39 Å². The molecule has 2 aromatic rings. The van der Waals surface area contributed by atoms with Gasteiger partial charge in [-0.05, 0) is 36.4 Å². The maximum atomic E-state index is 13.1. The molecule has 2 rings (SSSR count). The van der Waals surface area contributed by atoms with Crippen LogP contribution in [0.3, 0.4) is 0 Å². The molecule has 2 aromatic carbocycles. The summed E-state index contributed by atoms with van der Waals surface area (Å²) >= 11 is 5.80. The van der Waals surface area contributed by atoms with Crippen molar-refractivity contribution in [3.05, 3.63) is 53.3 Å². The van der Waals surface area contributed by atoms with Gasteiger partial charge in [-0.3, -0.25) is 4.79 Å². The summed E-state index contributed by atoms with van der Waals surface area (Å²) < 4.78 is 13.1. The molecule has 0 fully saturated rings. The normalized spacial score (nSPS) is 10.2. The number of hydrogen-bond donors (Lipinski definition) is 2. The van der Waals surface area contributed by atoms with E-state index in [0.29, 0.717) is 22.1 Å². The molecule has 0 aliphatic heterocycles. The number of amides is 1. The second-order valence-corrected chi connectivity index (χ2v) is 5.05. The average Bonchev–Trinajstić information content (AvgIpc) is 2.42. The molecule has 4 nitrogen and oxygen atoms in total. The lowest BCUT2D eigenvalue weighted by molar-refractivity contribution is -0.114. The number of anilines is 3. The molecule has 0 unspecified atom stereocenters. The Morgan fingerprint density at radius 3 is 2.76 bits per heavy atom. The van der Waals surface area contributed by atoms with E-state index in [1.807, 2.05) is 0 Å². The van der Waals surface area contributed by atoms with Gasteiger partial charge in [0.15, 0.2) is 0 Å². The van der Waals surface area contributed by atoms with Crippen molar-refractivity contribution in [1.82, 2.24) is 0 Å². The molecule has 0 aliphatic rings. The van der Waals surface area contributed by atoms with Gasteiger partial charge >= 0.3 is 0 Å². The van der Waals surface area contributed by atoms with Crippen LogP contribution in [0.5, 0.6) is 0 Å². The highest BCUT2D eigenvalue weighted by Gasteiger charge is 2.10. The highest BCUT2D eigenvalue weighted by atomic mass is 35.5. The van der Waals surface area contributed by atoms with Crippen LogP contribution >= 0.6 is 11.6 Å². The number of halogens is 2. The lowest BCUT2D eigenvalue weighted by atomic mass is 10.2. The van der Waals surface area contributed by atoms with Gasteiger partial charge in [-0.2, -0.15) is 0 Å². The van der Waals surface area contributed by atoms with Gasteiger partial charge in [0, 0.05) is 17.8 Å². The molecule has 0 saturated carbocycles. The van der Waals surface area contributed by atoms with Crippen LogP contribution in [0.15, 0.2) is 42.5 Å². The van der Waals surface area contributed by atoms with Gasteiger partial charge in [0.25, 0.3) is 0 Å². The summed E-state index contributed by atoms with van der Waals surface area (Å²) in [5.74, 6) is -0.600. The van der Waals surface area contributed by atoms with Crippen molar-refractivity contribution in [3.63, 3.8) is 0 Å². The number of nitrogens with two attached hydrogens (primary N) is 1. The van der Waals surface area contributed by atoms with E-state index in [0.717, 1.165) is 0 Å². The first-order chi connectivity index (χ1) is 9.95. The fourth-order valence-electron chi connectivity index (χ4n) is 1.86. The second-order valence-electron chi connectivity index (χ2n) is 4.62. The third kappa shape index (κ3) is 4.10. The van der Waals surface area contributed by atoms with Gasteiger partial charge in [0.1, 0.15) is 5.82 Å². The van der Waals surface area contributed by atoms with Gasteiger partial charge < -0.3 is 16.0 Å². The standard InChI is InChI=1S/C15H15ClFN3O/c1-20(12-4-2-3-11(17)8-12)9-15(21)19-14-6-5-10(16)7-13(14)18/h2-8H,9,18H2,1H3,(H,19,21). The van der Waals surface area contributed by atoms with Crippen molar-refractivity contribution < 1.29 is 9.18 Å². The van der Waals surface area contributed by atoms with E-state index in [2.05, 4.69) is 5.32 Å². The van der Waals surface area contributed by atoms with E-state index in [-0.39, 0.29) is 18.3 Å². The summed E-state index contributed by atoms with van der Waals surface area (Å²) in [7, 11) is 1.71. The molecule has 21 heavy (non-hydrogen) atoms. The Bertz CT molecular complexity index is 663. The van der Waals surface area contributed by atoms with Crippen LogP contribution in [0.25, 0.3) is 0 Å². The number of rotatable bonds is 4. The van der Waals surface area contributed by atoms with Crippen LogP contribution < -0.4 is 16.0 Å². The van der Waals surface area contributed by atoms with Gasteiger partial charge in [-0.1, -0.05) is 17.7 Å². The van der Waals surface area contributed by atoms with Crippen molar-refractivity contribution in [2.24, 2.45) is 0 Å². The van der Waals surface area contributed by atoms with Gasteiger partial charge in [0.05, 0.1) is 17.9 Å². The Morgan fingerprint density at radius 2 is 2.10 bits per heavy atom. The molecule has 0 radical (unpaired) electrons. The Labute approximate surface area is 127 Å². The topological polar surface area (TPSA) is 58.4 Å². The Kier molecular flexibility index (Phi) is 4.65. The summed E-state index contributed by atoms with van der Waals surface area (Å²) in [6.45, 7) is 0.0749. The van der Waals surface area contributed by atoms with E-state index >= 15 is 0 Å². The SMILES string of the molecule is CN(CC(=O)Nc1ccc(Cl)cc1N)c1cccc(F)c1. The monoisotopic (exact) mass is 307 g/mol. The summed E-state index contributed by atoms with van der Waals surface area (Å²) in [5.41, 5.74) is 7.28. The zero-order chi connectivity index (χ0) is 15.4. The highest BCUT2D eigenvalue weighted by Crippen LogP contribution is 2.22. The molecule has 0 saturated heterocycles. The van der Waals surface area contributed by atoms with E-state index in [4.69, 9.17) is 17.3 Å². The molecule has 0 atom stereocenters. The minimum absolute atomic E-state index is 0.0749. The quantitative estimate of drug-likeness (QED) is 0.853. The molecule has 110 valence electrons. The first-order valence-corrected chi connectivity index (χ1v) is 6.65. The van der Waals surface area contributed by atoms with Crippen molar-refractivity contribution in [3.8, 4) is 0 Å². The number of carbonyl (C=O) groups excluding carboxylic acids is 1. The van der Waals surface area contributed by atoms with E-state index in [1.54, 1.807) is 42.3 Å². The Balaban J connectivity index is 2.01. The number of nitrogens with zero attached hydrogens (tertiary/aromatic N) is 1. The zero-order valence-electron chi connectivity index (χ0n) is 11.4. The van der Waals surface area contributed by atoms with E-state index < -0.39 is 0 Å². The van der Waals surface area contributed by atoms with Crippen LogP contribution in [0.2, 0.25) is 5.02 Å². The highest BCUT2D eigenvalue weighted by molar-refractivity contribution is 6.31. The van der Waals surface area contributed by atoms with Crippen molar-refractivity contribution in [2.75, 3.05) is 29.5 Å². The summed E-state index contributed by atoms with van der Waals surface area (Å²) in [6, 6.07) is 10.9. The minimum Gasteiger partial charge on any atom is -0.397 e. The molecule has 1 amide bonds. The van der Waals surface area contributed by atoms with Crippen LogP contribution in [0, 0.1) is 5.82 Å². The van der Waals surface area contributed by atoms with Gasteiger partial charge in [0.2, 0.25) is 5.91 Å². The van der Waals surface area contributed by atoms with Crippen molar-refractivity contribution in [1.29, 1.82) is 0 Å². The maximum absolute atomic E-state index is 13.1. The molecule has 0 aromatic heterocycles. The molecule has 6 heteroatoms. The van der Waals surface area contributed by atoms with Crippen molar-refractivity contribution >= 4 is 34.6 Å². The van der Waals surface area contributed by atoms with Crippen LogP contribution in [-0.4, -0.2) is 19.5 Å². The summed E-state index contributed by atoms with van der Waals surface area (Å²) in [6.07, 6.45) is 0. The number of nitrogen functional groups attached to an aromatic ring is 1. The number of nitrogens with one attached hydrogen (secondary N) is 1. The smallest absolute Gasteiger partial charge is 0.243 e. The fourth-order valence-corrected chi connectivity index (χ4v) is 2.04. The first kappa shape index (κ1) is 15.1. The van der Waals surface area contributed by atoms with Crippen LogP contribution in [0.4, 0.5) is 21.5 Å². The Morgan fingerprint density at radius 1 is 1.33 bits per heavy atom. The van der Waals surface area contributed by atoms with Crippen LogP contribution in [-0.2, 0) is 4.79 Å². The predicted octanol–water partition coefficient (Wildman–Crippen LogP) is 3.14. The summed E-state index contributed by atoms with van der Waals surface area (Å²) in [4.78, 5) is 13.6. The molecular formula is C15H15ClFN3O. The minimum atomic E-state index is -0.346. The van der Waals surface area contributed by atoms with Gasteiger partial charge in [-0.15, -0.1) is 0 Å². The largest absolute Gasteiger partial charge is 0.397 e. The maximum Gasteiger partial charge on any atom is 0.243 e. The second kappa shape index (κ2) is 6.45. The van der Waals surface area contributed by atoms with Crippen LogP contribution in [0.1, 0.15) is 0 Å². The van der Waals surface area contributed by atoms with Crippen molar-refractivity contribution in [2.45, 2.75) is 0 Å². The molecule has 3 N–H and O–H groups in total. The number of benzene rings is 2. The lowest BCUT2D eigenvalue weighted by Gasteiger charge is -2.19. The number of hydrogen-bond acceptors (Lipinski definition) is 3. The Hall–Kier alpha value is -2.27. The molecule has 0 aliphatic carbocycles. The third-order valence-corrected chi connectivity index (χ3v) is 3.15. The number of carbonyl (C=O) groups is 1. The summed E-state index contributed by atoms with van der Waals surface area (Å²) in [5, 5.41) is 3.20. The number of likely N-dealkylation sites (N-methyl/N-ethyl adjacent to an activating group) is 1. The lowest BCUT2D eigenvalue weighted by Crippen LogP contribution is -2.30. The zero-order valence-corrected chi connectivity index (χ0v) is 12.2. The first-order valence-electron chi connectivity index (χ1n) is 6.27. The molecular weight excluding hydrogens is 293 g/mol. The molecule has 0 heterocycles. The molecule has 0 spiro atoms. The van der Waals surface area contributed by atoms with E-state index in [9.17, 15) is 9.18 Å². The predicted molar refractivity (Wildman–Crippen MR) is 84.2 cm³/mol. The fraction of sp³-hybridized carbons (Fsp3) is 0.133. The average molecular weight is 308 g/mol. The van der Waals surface area contributed by atoms with E-state index in [1.165, 1.54) is 12.1 Å².